The summed E-state index contributed by atoms with van der Waals surface area (Å²) in [5.74, 6) is 0.861. The van der Waals surface area contributed by atoms with Crippen molar-refractivity contribution in [2.45, 2.75) is 18.9 Å². The molecule has 1 atom stereocenters. The molecule has 0 spiro atoms. The minimum absolute atomic E-state index is 0.169. The molecule has 2 aromatic rings. The summed E-state index contributed by atoms with van der Waals surface area (Å²) in [5.41, 5.74) is 2.04. The number of nitrogens with zero attached hydrogens (tertiary/aromatic N) is 3. The van der Waals surface area contributed by atoms with Crippen molar-refractivity contribution < 1.29 is 9.53 Å². The van der Waals surface area contributed by atoms with Gasteiger partial charge in [0, 0.05) is 50.6 Å². The minimum atomic E-state index is 0.169. The summed E-state index contributed by atoms with van der Waals surface area (Å²) in [5, 5.41) is 0. The standard InChI is InChI=1S/C20H23N3O2/c24-20-18-6-2-1-5-16(18)8-12-23(20)14-13-22-11-9-17(15-22)25-19-7-3-4-10-21-19/h1-7,10,17H,8-9,11-15H2. The van der Waals surface area contributed by atoms with Crippen LogP contribution in [0, 0.1) is 0 Å². The van der Waals surface area contributed by atoms with Gasteiger partial charge in [-0.2, -0.15) is 0 Å². The van der Waals surface area contributed by atoms with Gasteiger partial charge in [-0.3, -0.25) is 9.69 Å². The Bertz CT molecular complexity index is 735. The zero-order valence-electron chi connectivity index (χ0n) is 14.3. The van der Waals surface area contributed by atoms with Crippen molar-refractivity contribution in [3.8, 4) is 5.88 Å². The van der Waals surface area contributed by atoms with E-state index in [2.05, 4.69) is 16.0 Å². The van der Waals surface area contributed by atoms with Gasteiger partial charge in [-0.1, -0.05) is 24.3 Å². The Morgan fingerprint density at radius 1 is 1.08 bits per heavy atom. The maximum absolute atomic E-state index is 12.6. The number of hydrogen-bond donors (Lipinski definition) is 0. The lowest BCUT2D eigenvalue weighted by molar-refractivity contribution is 0.0721. The van der Waals surface area contributed by atoms with E-state index in [0.29, 0.717) is 5.88 Å². The van der Waals surface area contributed by atoms with Crippen molar-refractivity contribution in [3.63, 3.8) is 0 Å². The predicted octanol–water partition coefficient (Wildman–Crippen LogP) is 2.23. The molecule has 1 aromatic carbocycles. The number of likely N-dealkylation sites (tertiary alicyclic amines) is 1. The highest BCUT2D eigenvalue weighted by Crippen LogP contribution is 2.19. The van der Waals surface area contributed by atoms with E-state index in [-0.39, 0.29) is 12.0 Å². The van der Waals surface area contributed by atoms with Crippen molar-refractivity contribution in [1.82, 2.24) is 14.8 Å². The summed E-state index contributed by atoms with van der Waals surface area (Å²) in [7, 11) is 0. The molecule has 0 saturated carbocycles. The van der Waals surface area contributed by atoms with Gasteiger partial charge in [-0.15, -0.1) is 0 Å². The van der Waals surface area contributed by atoms with Crippen LogP contribution in [0.15, 0.2) is 48.7 Å². The Balaban J connectivity index is 1.28. The molecule has 130 valence electrons. The van der Waals surface area contributed by atoms with Crippen molar-refractivity contribution >= 4 is 5.91 Å². The third kappa shape index (κ3) is 3.66. The normalized spacial score (nSPS) is 20.6. The second-order valence-electron chi connectivity index (χ2n) is 6.70. The molecule has 25 heavy (non-hydrogen) atoms. The summed E-state index contributed by atoms with van der Waals surface area (Å²) in [6.07, 6.45) is 3.90. The molecule has 4 rings (SSSR count). The predicted molar refractivity (Wildman–Crippen MR) is 95.8 cm³/mol. The first kappa shape index (κ1) is 16.1. The molecule has 3 heterocycles. The number of aromatic nitrogens is 1. The van der Waals surface area contributed by atoms with Crippen LogP contribution in [0.5, 0.6) is 5.88 Å². The summed E-state index contributed by atoms with van der Waals surface area (Å²) in [6, 6.07) is 13.7. The second kappa shape index (κ2) is 7.23. The van der Waals surface area contributed by atoms with E-state index in [1.165, 1.54) is 5.56 Å². The van der Waals surface area contributed by atoms with E-state index in [4.69, 9.17) is 4.74 Å². The summed E-state index contributed by atoms with van der Waals surface area (Å²) in [4.78, 5) is 21.2. The highest BCUT2D eigenvalue weighted by Gasteiger charge is 2.27. The number of fused-ring (bicyclic) bond motifs is 1. The molecular formula is C20H23N3O2. The highest BCUT2D eigenvalue weighted by atomic mass is 16.5. The van der Waals surface area contributed by atoms with Gasteiger partial charge in [-0.25, -0.2) is 4.98 Å². The average molecular weight is 337 g/mol. The maximum atomic E-state index is 12.6. The molecule has 2 aliphatic heterocycles. The first-order valence-electron chi connectivity index (χ1n) is 8.97. The topological polar surface area (TPSA) is 45.7 Å². The number of ether oxygens (including phenoxy) is 1. The lowest BCUT2D eigenvalue weighted by Gasteiger charge is -2.30. The molecule has 5 nitrogen and oxygen atoms in total. The lowest BCUT2D eigenvalue weighted by Crippen LogP contribution is -2.42. The van der Waals surface area contributed by atoms with Gasteiger partial charge < -0.3 is 9.64 Å². The number of carbonyl (C=O) groups excluding carboxylic acids is 1. The average Bonchev–Trinajstić information content (AvgIpc) is 3.10. The third-order valence-corrected chi connectivity index (χ3v) is 5.03. The Kier molecular flexibility index (Phi) is 4.65. The van der Waals surface area contributed by atoms with Crippen LogP contribution in [0.1, 0.15) is 22.3 Å². The van der Waals surface area contributed by atoms with E-state index in [9.17, 15) is 4.79 Å². The summed E-state index contributed by atoms with van der Waals surface area (Å²) in [6.45, 7) is 4.41. The number of benzene rings is 1. The van der Waals surface area contributed by atoms with Gasteiger partial charge in [0.15, 0.2) is 0 Å². The number of hydrogen-bond acceptors (Lipinski definition) is 4. The van der Waals surface area contributed by atoms with Crippen LogP contribution in [0.3, 0.4) is 0 Å². The van der Waals surface area contributed by atoms with Crippen LogP contribution in [-0.2, 0) is 6.42 Å². The van der Waals surface area contributed by atoms with Crippen LogP contribution in [0.25, 0.3) is 0 Å². The molecule has 0 radical (unpaired) electrons. The molecule has 2 aliphatic rings. The first-order chi connectivity index (χ1) is 12.3. The molecule has 0 N–H and O–H groups in total. The van der Waals surface area contributed by atoms with Gasteiger partial charge in [-0.05, 0) is 30.5 Å². The Morgan fingerprint density at radius 3 is 2.84 bits per heavy atom. The summed E-state index contributed by atoms with van der Waals surface area (Å²) < 4.78 is 5.93. The number of pyridine rings is 1. The third-order valence-electron chi connectivity index (χ3n) is 5.03. The Hall–Kier alpha value is -2.40. The molecule has 1 aromatic heterocycles. The van der Waals surface area contributed by atoms with E-state index in [1.807, 2.05) is 41.3 Å². The van der Waals surface area contributed by atoms with Gasteiger partial charge >= 0.3 is 0 Å². The van der Waals surface area contributed by atoms with Crippen LogP contribution in [0.2, 0.25) is 0 Å². The van der Waals surface area contributed by atoms with Gasteiger partial charge in [0.2, 0.25) is 5.88 Å². The van der Waals surface area contributed by atoms with E-state index >= 15 is 0 Å². The van der Waals surface area contributed by atoms with Crippen LogP contribution < -0.4 is 4.74 Å². The molecule has 5 heteroatoms. The molecule has 0 bridgehead atoms. The van der Waals surface area contributed by atoms with Crippen LogP contribution in [-0.4, -0.2) is 59.5 Å². The number of amides is 1. The van der Waals surface area contributed by atoms with E-state index < -0.39 is 0 Å². The molecular weight excluding hydrogens is 314 g/mol. The second-order valence-corrected chi connectivity index (χ2v) is 6.70. The fourth-order valence-corrected chi connectivity index (χ4v) is 3.63. The molecule has 0 aliphatic carbocycles. The first-order valence-corrected chi connectivity index (χ1v) is 8.97. The maximum Gasteiger partial charge on any atom is 0.254 e. The quantitative estimate of drug-likeness (QED) is 0.839. The van der Waals surface area contributed by atoms with Crippen molar-refractivity contribution in [3.05, 3.63) is 59.8 Å². The molecule has 1 unspecified atom stereocenters. The van der Waals surface area contributed by atoms with E-state index in [0.717, 1.165) is 51.1 Å². The number of carbonyl (C=O) groups is 1. The lowest BCUT2D eigenvalue weighted by atomic mass is 9.99. The van der Waals surface area contributed by atoms with Gasteiger partial charge in [0.1, 0.15) is 6.10 Å². The monoisotopic (exact) mass is 337 g/mol. The fraction of sp³-hybridized carbons (Fsp3) is 0.400. The van der Waals surface area contributed by atoms with Crippen LogP contribution in [0.4, 0.5) is 0 Å². The summed E-state index contributed by atoms with van der Waals surface area (Å²) >= 11 is 0. The van der Waals surface area contributed by atoms with Gasteiger partial charge in [0.25, 0.3) is 5.91 Å². The van der Waals surface area contributed by atoms with Crippen molar-refractivity contribution in [2.24, 2.45) is 0 Å². The molecule has 1 fully saturated rings. The molecule has 1 saturated heterocycles. The zero-order chi connectivity index (χ0) is 17.1. The van der Waals surface area contributed by atoms with Gasteiger partial charge in [0.05, 0.1) is 0 Å². The SMILES string of the molecule is O=C1c2ccccc2CCN1CCN1CCC(Oc2ccccn2)C1. The van der Waals surface area contributed by atoms with Crippen molar-refractivity contribution in [2.75, 3.05) is 32.7 Å². The smallest absolute Gasteiger partial charge is 0.254 e. The fourth-order valence-electron chi connectivity index (χ4n) is 3.63. The molecule has 1 amide bonds. The highest BCUT2D eigenvalue weighted by molar-refractivity contribution is 5.96. The van der Waals surface area contributed by atoms with Crippen LogP contribution >= 0.6 is 0 Å². The largest absolute Gasteiger partial charge is 0.473 e. The Morgan fingerprint density at radius 2 is 1.96 bits per heavy atom. The minimum Gasteiger partial charge on any atom is -0.473 e. The Labute approximate surface area is 148 Å². The number of rotatable bonds is 5. The van der Waals surface area contributed by atoms with Crippen molar-refractivity contribution in [1.29, 1.82) is 0 Å². The zero-order valence-corrected chi connectivity index (χ0v) is 14.3. The van der Waals surface area contributed by atoms with E-state index in [1.54, 1.807) is 6.20 Å².